The van der Waals surface area contributed by atoms with Gasteiger partial charge in [-0.2, -0.15) is 0 Å². The van der Waals surface area contributed by atoms with Gasteiger partial charge in [-0.05, 0) is 69.8 Å². The molecular formula is C18H26N2. The van der Waals surface area contributed by atoms with Crippen molar-refractivity contribution in [2.45, 2.75) is 52.6 Å². The molecule has 0 bridgehead atoms. The summed E-state index contributed by atoms with van der Waals surface area (Å²) in [6, 6.07) is 9.73. The van der Waals surface area contributed by atoms with Gasteiger partial charge in [0.15, 0.2) is 0 Å². The van der Waals surface area contributed by atoms with Gasteiger partial charge in [0.1, 0.15) is 0 Å². The first kappa shape index (κ1) is 13.7. The fourth-order valence-electron chi connectivity index (χ4n) is 3.47. The first-order chi connectivity index (χ1) is 9.65. The molecule has 3 rings (SSSR count). The molecule has 2 aromatic rings. The zero-order valence-electron chi connectivity index (χ0n) is 13.0. The average molecular weight is 270 g/mol. The molecule has 1 aliphatic heterocycles. The van der Waals surface area contributed by atoms with Gasteiger partial charge in [0, 0.05) is 23.8 Å². The van der Waals surface area contributed by atoms with Crippen LogP contribution in [0.2, 0.25) is 0 Å². The molecule has 0 unspecified atom stereocenters. The number of piperidine rings is 1. The number of hydrogen-bond acceptors (Lipinski definition) is 1. The molecule has 0 atom stereocenters. The van der Waals surface area contributed by atoms with Crippen molar-refractivity contribution in [2.24, 2.45) is 0 Å². The second kappa shape index (κ2) is 5.61. The largest absolute Gasteiger partial charge is 0.341 e. The second-order valence-electron chi connectivity index (χ2n) is 6.50. The molecule has 0 saturated carbocycles. The molecule has 1 aromatic heterocycles. The number of nitrogens with zero attached hydrogens (tertiary/aromatic N) is 2. The quantitative estimate of drug-likeness (QED) is 0.796. The highest BCUT2D eigenvalue weighted by Gasteiger charge is 2.16. The summed E-state index contributed by atoms with van der Waals surface area (Å²) >= 11 is 0. The van der Waals surface area contributed by atoms with Crippen molar-refractivity contribution in [1.82, 2.24) is 9.47 Å². The minimum atomic E-state index is 0.522. The topological polar surface area (TPSA) is 8.17 Å². The van der Waals surface area contributed by atoms with Crippen LogP contribution >= 0.6 is 0 Å². The Morgan fingerprint density at radius 2 is 1.80 bits per heavy atom. The normalized spacial score (nSPS) is 17.2. The van der Waals surface area contributed by atoms with E-state index >= 15 is 0 Å². The van der Waals surface area contributed by atoms with E-state index < -0.39 is 0 Å². The van der Waals surface area contributed by atoms with Gasteiger partial charge in [-0.1, -0.05) is 18.6 Å². The van der Waals surface area contributed by atoms with Crippen LogP contribution in [0.15, 0.2) is 24.3 Å². The predicted molar refractivity (Wildman–Crippen MR) is 86.2 cm³/mol. The van der Waals surface area contributed by atoms with Gasteiger partial charge in [0.25, 0.3) is 0 Å². The van der Waals surface area contributed by atoms with E-state index in [1.165, 1.54) is 54.5 Å². The van der Waals surface area contributed by atoms with Crippen LogP contribution < -0.4 is 0 Å². The number of likely N-dealkylation sites (tertiary alicyclic amines) is 1. The second-order valence-corrected chi connectivity index (χ2v) is 6.50. The molecule has 0 N–H and O–H groups in total. The van der Waals surface area contributed by atoms with Crippen molar-refractivity contribution >= 4 is 10.9 Å². The fourth-order valence-corrected chi connectivity index (χ4v) is 3.47. The lowest BCUT2D eigenvalue weighted by molar-refractivity contribution is 0.215. The highest BCUT2D eigenvalue weighted by Crippen LogP contribution is 2.26. The minimum absolute atomic E-state index is 0.522. The van der Waals surface area contributed by atoms with E-state index in [1.807, 2.05) is 0 Å². The Morgan fingerprint density at radius 3 is 2.50 bits per heavy atom. The van der Waals surface area contributed by atoms with Crippen molar-refractivity contribution in [3.8, 4) is 0 Å². The van der Waals surface area contributed by atoms with Gasteiger partial charge in [0.05, 0.1) is 0 Å². The number of benzene rings is 1. The van der Waals surface area contributed by atoms with Crippen LogP contribution in [0.25, 0.3) is 10.9 Å². The number of fused-ring (bicyclic) bond motifs is 1. The van der Waals surface area contributed by atoms with E-state index in [2.05, 4.69) is 54.5 Å². The lowest BCUT2D eigenvalue weighted by Crippen LogP contribution is -2.30. The summed E-state index contributed by atoms with van der Waals surface area (Å²) < 4.78 is 2.52. The molecule has 1 aliphatic rings. The number of aromatic nitrogens is 1. The van der Waals surface area contributed by atoms with Crippen LogP contribution in [0.3, 0.4) is 0 Å². The molecule has 1 aromatic carbocycles. The summed E-state index contributed by atoms with van der Waals surface area (Å²) in [6.45, 7) is 10.4. The van der Waals surface area contributed by atoms with Gasteiger partial charge in [-0.15, -0.1) is 0 Å². The molecule has 1 fully saturated rings. The lowest BCUT2D eigenvalue weighted by Gasteiger charge is -2.27. The molecule has 1 saturated heterocycles. The molecule has 2 nitrogen and oxygen atoms in total. The van der Waals surface area contributed by atoms with Gasteiger partial charge in [-0.3, -0.25) is 4.90 Å². The van der Waals surface area contributed by atoms with Crippen molar-refractivity contribution in [2.75, 3.05) is 13.1 Å². The summed E-state index contributed by atoms with van der Waals surface area (Å²) in [7, 11) is 0. The van der Waals surface area contributed by atoms with Crippen LogP contribution in [0, 0.1) is 6.92 Å². The Morgan fingerprint density at radius 1 is 1.05 bits per heavy atom. The van der Waals surface area contributed by atoms with Crippen molar-refractivity contribution in [1.29, 1.82) is 0 Å². The Labute approximate surface area is 122 Å². The first-order valence-electron chi connectivity index (χ1n) is 7.98. The third-order valence-corrected chi connectivity index (χ3v) is 4.43. The number of aryl methyl sites for hydroxylation is 1. The van der Waals surface area contributed by atoms with Crippen LogP contribution in [-0.2, 0) is 6.54 Å². The molecule has 0 amide bonds. The molecular weight excluding hydrogens is 244 g/mol. The molecule has 108 valence electrons. The van der Waals surface area contributed by atoms with E-state index in [0.29, 0.717) is 6.04 Å². The third kappa shape index (κ3) is 2.62. The van der Waals surface area contributed by atoms with Crippen LogP contribution in [0.5, 0.6) is 0 Å². The van der Waals surface area contributed by atoms with Gasteiger partial charge < -0.3 is 4.57 Å². The van der Waals surface area contributed by atoms with Crippen molar-refractivity contribution < 1.29 is 0 Å². The SMILES string of the molecule is Cc1ccc2cc(CN3CCCCC3)n(C(C)C)c2c1. The van der Waals surface area contributed by atoms with Crippen LogP contribution in [-0.4, -0.2) is 22.6 Å². The van der Waals surface area contributed by atoms with Gasteiger partial charge >= 0.3 is 0 Å². The van der Waals surface area contributed by atoms with Crippen LogP contribution in [0.1, 0.15) is 50.4 Å². The van der Waals surface area contributed by atoms with E-state index in [0.717, 1.165) is 6.54 Å². The van der Waals surface area contributed by atoms with E-state index in [4.69, 9.17) is 0 Å². The fraction of sp³-hybridized carbons (Fsp3) is 0.556. The zero-order chi connectivity index (χ0) is 14.1. The Hall–Kier alpha value is -1.28. The monoisotopic (exact) mass is 270 g/mol. The summed E-state index contributed by atoms with van der Waals surface area (Å²) in [5.41, 5.74) is 4.22. The minimum Gasteiger partial charge on any atom is -0.341 e. The highest BCUT2D eigenvalue weighted by molar-refractivity contribution is 5.82. The number of hydrogen-bond donors (Lipinski definition) is 0. The summed E-state index contributed by atoms with van der Waals surface area (Å²) in [5.74, 6) is 0. The van der Waals surface area contributed by atoms with E-state index in [-0.39, 0.29) is 0 Å². The molecule has 0 radical (unpaired) electrons. The van der Waals surface area contributed by atoms with E-state index in [9.17, 15) is 0 Å². The maximum Gasteiger partial charge on any atom is 0.0488 e. The molecule has 0 aliphatic carbocycles. The Kier molecular flexibility index (Phi) is 3.84. The highest BCUT2D eigenvalue weighted by atomic mass is 15.2. The zero-order valence-corrected chi connectivity index (χ0v) is 13.0. The van der Waals surface area contributed by atoms with Gasteiger partial charge in [-0.25, -0.2) is 0 Å². The molecule has 20 heavy (non-hydrogen) atoms. The third-order valence-electron chi connectivity index (χ3n) is 4.43. The summed E-state index contributed by atoms with van der Waals surface area (Å²) in [5, 5.41) is 1.39. The van der Waals surface area contributed by atoms with Gasteiger partial charge in [0.2, 0.25) is 0 Å². The number of rotatable bonds is 3. The average Bonchev–Trinajstić information content (AvgIpc) is 2.77. The molecule has 2 heterocycles. The van der Waals surface area contributed by atoms with E-state index in [1.54, 1.807) is 0 Å². The molecule has 0 spiro atoms. The molecule has 2 heteroatoms. The lowest BCUT2D eigenvalue weighted by atomic mass is 10.1. The Balaban J connectivity index is 1.98. The smallest absolute Gasteiger partial charge is 0.0488 e. The first-order valence-corrected chi connectivity index (χ1v) is 7.98. The standard InChI is InChI=1S/C18H26N2/c1-14(2)20-17(13-19-9-5-4-6-10-19)12-16-8-7-15(3)11-18(16)20/h7-8,11-12,14H,4-6,9-10,13H2,1-3H3. The van der Waals surface area contributed by atoms with Crippen molar-refractivity contribution in [3.05, 3.63) is 35.5 Å². The maximum absolute atomic E-state index is 2.61. The predicted octanol–water partition coefficient (Wildman–Crippen LogP) is 4.52. The summed E-state index contributed by atoms with van der Waals surface area (Å²) in [4.78, 5) is 2.61. The van der Waals surface area contributed by atoms with Crippen molar-refractivity contribution in [3.63, 3.8) is 0 Å². The maximum atomic E-state index is 2.61. The Bertz CT molecular complexity index is 589. The van der Waals surface area contributed by atoms with Crippen LogP contribution in [0.4, 0.5) is 0 Å². The summed E-state index contributed by atoms with van der Waals surface area (Å²) in [6.07, 6.45) is 4.13.